The minimum absolute atomic E-state index is 0.238. The Kier molecular flexibility index (Phi) is 7.85. The molecule has 1 atom stereocenters. The van der Waals surface area contributed by atoms with Crippen LogP contribution in [0.4, 0.5) is 0 Å². The van der Waals surface area contributed by atoms with Crippen LogP contribution in [0.1, 0.15) is 49.4 Å². The molecule has 1 aromatic carbocycles. The molecule has 0 saturated heterocycles. The van der Waals surface area contributed by atoms with E-state index in [1.165, 1.54) is 49.6 Å². The minimum Gasteiger partial charge on any atom is -0.484 e. The van der Waals surface area contributed by atoms with Crippen LogP contribution in [0.5, 0.6) is 5.75 Å². The molecule has 7 nitrogen and oxygen atoms in total. The maximum Gasteiger partial charge on any atom is 0.338 e. The number of benzene rings is 1. The molecule has 27 heavy (non-hydrogen) atoms. The molecular weight excluding hydrogens is 348 g/mol. The zero-order valence-corrected chi connectivity index (χ0v) is 15.5. The summed E-state index contributed by atoms with van der Waals surface area (Å²) >= 11 is 0. The van der Waals surface area contributed by atoms with Crippen molar-refractivity contribution in [3.63, 3.8) is 0 Å². The molecule has 2 rings (SSSR count). The maximum absolute atomic E-state index is 12.1. The van der Waals surface area contributed by atoms with E-state index >= 15 is 0 Å². The smallest absolute Gasteiger partial charge is 0.338 e. The van der Waals surface area contributed by atoms with Crippen LogP contribution in [0.2, 0.25) is 0 Å². The van der Waals surface area contributed by atoms with Gasteiger partial charge in [-0.05, 0) is 63.3 Å². The van der Waals surface area contributed by atoms with E-state index in [1.807, 2.05) is 0 Å². The minimum atomic E-state index is -0.886. The van der Waals surface area contributed by atoms with Crippen LogP contribution in [0, 0.1) is 0 Å². The zero-order chi connectivity index (χ0) is 19.6. The summed E-state index contributed by atoms with van der Waals surface area (Å²) in [6.07, 6.45) is 6.85. The first-order valence-corrected chi connectivity index (χ1v) is 9.13. The number of rotatable bonds is 9. The zero-order valence-electron chi connectivity index (χ0n) is 15.5. The summed E-state index contributed by atoms with van der Waals surface area (Å²) in [7, 11) is 0. The fourth-order valence-electron chi connectivity index (χ4n) is 2.75. The van der Waals surface area contributed by atoms with Crippen LogP contribution in [0.25, 0.3) is 0 Å². The number of esters is 1. The largest absolute Gasteiger partial charge is 0.484 e. The van der Waals surface area contributed by atoms with Gasteiger partial charge in [0.15, 0.2) is 12.7 Å². The van der Waals surface area contributed by atoms with Gasteiger partial charge < -0.3 is 20.5 Å². The number of hydrogen-bond donors (Lipinski definition) is 2. The van der Waals surface area contributed by atoms with Crippen molar-refractivity contribution in [2.45, 2.75) is 45.1 Å². The monoisotopic (exact) mass is 374 g/mol. The van der Waals surface area contributed by atoms with Gasteiger partial charge in [-0.25, -0.2) is 4.79 Å². The molecule has 2 amide bonds. The van der Waals surface area contributed by atoms with Gasteiger partial charge in [0, 0.05) is 6.54 Å². The molecule has 0 aromatic heterocycles. The van der Waals surface area contributed by atoms with Gasteiger partial charge in [-0.1, -0.05) is 11.6 Å². The van der Waals surface area contributed by atoms with E-state index in [-0.39, 0.29) is 18.1 Å². The molecule has 0 aliphatic heterocycles. The van der Waals surface area contributed by atoms with Crippen molar-refractivity contribution in [3.8, 4) is 5.75 Å². The van der Waals surface area contributed by atoms with E-state index in [1.54, 1.807) is 0 Å². The highest BCUT2D eigenvalue weighted by molar-refractivity contribution is 5.92. The topological polar surface area (TPSA) is 108 Å². The highest BCUT2D eigenvalue weighted by Gasteiger charge is 2.18. The molecule has 1 aliphatic rings. The average Bonchev–Trinajstić information content (AvgIpc) is 2.67. The SMILES string of the molecule is C[C@H](OC(=O)c1ccc(OCC(N)=O)cc1)C(=O)NCCC1=CCCCC1. The molecule has 1 aliphatic carbocycles. The van der Waals surface area contributed by atoms with Gasteiger partial charge >= 0.3 is 5.97 Å². The normalized spacial score (nSPS) is 14.6. The van der Waals surface area contributed by atoms with E-state index in [4.69, 9.17) is 15.2 Å². The van der Waals surface area contributed by atoms with Crippen molar-refractivity contribution in [1.82, 2.24) is 5.32 Å². The second kappa shape index (κ2) is 10.4. The molecule has 0 saturated carbocycles. The second-order valence-corrected chi connectivity index (χ2v) is 6.48. The molecule has 7 heteroatoms. The molecule has 0 fully saturated rings. The summed E-state index contributed by atoms with van der Waals surface area (Å²) in [6.45, 7) is 1.84. The van der Waals surface area contributed by atoms with Gasteiger partial charge in [-0.2, -0.15) is 0 Å². The van der Waals surface area contributed by atoms with Crippen molar-refractivity contribution in [3.05, 3.63) is 41.5 Å². The average molecular weight is 374 g/mol. The molecule has 0 unspecified atom stereocenters. The molecule has 146 valence electrons. The Morgan fingerprint density at radius 2 is 1.93 bits per heavy atom. The van der Waals surface area contributed by atoms with Crippen molar-refractivity contribution in [2.75, 3.05) is 13.2 Å². The van der Waals surface area contributed by atoms with Gasteiger partial charge in [0.1, 0.15) is 5.75 Å². The quantitative estimate of drug-likeness (QED) is 0.508. The Bertz CT molecular complexity index is 697. The molecule has 0 heterocycles. The molecule has 3 N–H and O–H groups in total. The summed E-state index contributed by atoms with van der Waals surface area (Å²) in [5.74, 6) is -1.10. The number of nitrogens with two attached hydrogens (primary N) is 1. The molecule has 0 radical (unpaired) electrons. The van der Waals surface area contributed by atoms with E-state index in [9.17, 15) is 14.4 Å². The number of hydrogen-bond acceptors (Lipinski definition) is 5. The highest BCUT2D eigenvalue weighted by Crippen LogP contribution is 2.19. The van der Waals surface area contributed by atoms with Gasteiger partial charge in [0.05, 0.1) is 5.56 Å². The third-order valence-electron chi connectivity index (χ3n) is 4.25. The number of nitrogens with one attached hydrogen (secondary N) is 1. The Hall–Kier alpha value is -2.83. The lowest BCUT2D eigenvalue weighted by atomic mass is 9.97. The number of allylic oxidation sites excluding steroid dienone is 1. The number of carbonyl (C=O) groups excluding carboxylic acids is 3. The number of amides is 2. The van der Waals surface area contributed by atoms with Gasteiger partial charge in [0.2, 0.25) is 0 Å². The van der Waals surface area contributed by atoms with Crippen molar-refractivity contribution < 1.29 is 23.9 Å². The molecule has 1 aromatic rings. The van der Waals surface area contributed by atoms with Crippen LogP contribution in [-0.2, 0) is 14.3 Å². The second-order valence-electron chi connectivity index (χ2n) is 6.48. The summed E-state index contributed by atoms with van der Waals surface area (Å²) in [4.78, 5) is 34.9. The fourth-order valence-corrected chi connectivity index (χ4v) is 2.75. The lowest BCUT2D eigenvalue weighted by molar-refractivity contribution is -0.129. The van der Waals surface area contributed by atoms with Crippen LogP contribution in [-0.4, -0.2) is 37.0 Å². The summed E-state index contributed by atoms with van der Waals surface area (Å²) < 4.78 is 10.3. The number of ether oxygens (including phenoxy) is 2. The van der Waals surface area contributed by atoms with Gasteiger partial charge in [-0.15, -0.1) is 0 Å². The van der Waals surface area contributed by atoms with Gasteiger partial charge in [0.25, 0.3) is 11.8 Å². The van der Waals surface area contributed by atoms with Crippen LogP contribution in [0.3, 0.4) is 0 Å². The Labute approximate surface area is 158 Å². The standard InChI is InChI=1S/C20H26N2O5/c1-14(19(24)22-12-11-15-5-3-2-4-6-15)27-20(25)16-7-9-17(10-8-16)26-13-18(21)23/h5,7-10,14H,2-4,6,11-13H2,1H3,(H2,21,23)(H,22,24)/t14-/m0/s1. The maximum atomic E-state index is 12.1. The summed E-state index contributed by atoms with van der Waals surface area (Å²) in [6, 6.07) is 6.06. The van der Waals surface area contributed by atoms with Crippen molar-refractivity contribution in [2.24, 2.45) is 5.73 Å². The first-order valence-electron chi connectivity index (χ1n) is 9.13. The summed E-state index contributed by atoms with van der Waals surface area (Å²) in [5.41, 5.74) is 6.66. The molecule has 0 spiro atoms. The Balaban J connectivity index is 1.75. The molecule has 0 bridgehead atoms. The van der Waals surface area contributed by atoms with Crippen LogP contribution >= 0.6 is 0 Å². The first kappa shape index (κ1) is 20.5. The predicted octanol–water partition coefficient (Wildman–Crippen LogP) is 2.10. The predicted molar refractivity (Wildman–Crippen MR) is 100 cm³/mol. The van der Waals surface area contributed by atoms with Gasteiger partial charge in [-0.3, -0.25) is 9.59 Å². The Morgan fingerprint density at radius 3 is 2.56 bits per heavy atom. The van der Waals surface area contributed by atoms with E-state index < -0.39 is 18.0 Å². The van der Waals surface area contributed by atoms with E-state index in [2.05, 4.69) is 11.4 Å². The van der Waals surface area contributed by atoms with Crippen LogP contribution < -0.4 is 15.8 Å². The van der Waals surface area contributed by atoms with Crippen molar-refractivity contribution >= 4 is 17.8 Å². The lowest BCUT2D eigenvalue weighted by Crippen LogP contribution is -2.36. The third-order valence-corrected chi connectivity index (χ3v) is 4.25. The van der Waals surface area contributed by atoms with Crippen LogP contribution in [0.15, 0.2) is 35.9 Å². The lowest BCUT2D eigenvalue weighted by Gasteiger charge is -2.15. The van der Waals surface area contributed by atoms with E-state index in [0.29, 0.717) is 12.3 Å². The summed E-state index contributed by atoms with van der Waals surface area (Å²) in [5, 5.41) is 2.80. The number of carbonyl (C=O) groups is 3. The third kappa shape index (κ3) is 7.13. The number of primary amides is 1. The fraction of sp³-hybridized carbons (Fsp3) is 0.450. The molecular formula is C20H26N2O5. The highest BCUT2D eigenvalue weighted by atomic mass is 16.5. The van der Waals surface area contributed by atoms with Crippen molar-refractivity contribution in [1.29, 1.82) is 0 Å². The Morgan fingerprint density at radius 1 is 1.19 bits per heavy atom. The first-order chi connectivity index (χ1) is 13.0. The van der Waals surface area contributed by atoms with E-state index in [0.717, 1.165) is 19.3 Å².